The van der Waals surface area contributed by atoms with E-state index >= 15 is 0 Å². The molecule has 0 aliphatic heterocycles. The zero-order valence-electron chi connectivity index (χ0n) is 51.3. The summed E-state index contributed by atoms with van der Waals surface area (Å²) in [4.78, 5) is 37.7. The number of phosphoric ester groups is 1. The SMILES string of the molecule is CCCCC/C=C\C/C=C\CCCCCCCCCCCCCCCCCCCC(=O)OC(/C=C\CCCCCCCCCCCC)C(COP(=O)(O)OCC[N+](C)(C)C)NC(=O)CCCCCCCCCCCCC. The third kappa shape index (κ3) is 56.9. The predicted molar refractivity (Wildman–Crippen MR) is 328 cm³/mol. The van der Waals surface area contributed by atoms with Crippen LogP contribution in [0.1, 0.15) is 323 Å². The predicted octanol–water partition coefficient (Wildman–Crippen LogP) is 20.3. The van der Waals surface area contributed by atoms with Crippen molar-refractivity contribution >= 4 is 19.7 Å². The normalized spacial score (nSPS) is 13.8. The molecule has 2 N–H and O–H groups in total. The van der Waals surface area contributed by atoms with Crippen molar-refractivity contribution < 1.29 is 37.3 Å². The minimum absolute atomic E-state index is 0.0435. The Balaban J connectivity index is 4.94. The molecule has 1 amide bonds. The molecule has 0 rings (SSSR count). The van der Waals surface area contributed by atoms with Crippen LogP contribution in [0.2, 0.25) is 0 Å². The zero-order valence-corrected chi connectivity index (χ0v) is 52.2. The molecule has 0 aliphatic rings. The first-order valence-corrected chi connectivity index (χ1v) is 34.3. The van der Waals surface area contributed by atoms with Crippen LogP contribution in [-0.4, -0.2) is 74.3 Å². The van der Waals surface area contributed by atoms with Crippen LogP contribution in [0.5, 0.6) is 0 Å². The summed E-state index contributed by atoms with van der Waals surface area (Å²) < 4.78 is 30.7. The van der Waals surface area contributed by atoms with Gasteiger partial charge in [-0.1, -0.05) is 282 Å². The summed E-state index contributed by atoms with van der Waals surface area (Å²) in [6.07, 6.45) is 68.7. The molecule has 3 unspecified atom stereocenters. The molecule has 9 nitrogen and oxygen atoms in total. The van der Waals surface area contributed by atoms with Crippen LogP contribution < -0.4 is 5.32 Å². The summed E-state index contributed by atoms with van der Waals surface area (Å²) in [6, 6.07) is -0.842. The molecular weight excluding hydrogens is 964 g/mol. The van der Waals surface area contributed by atoms with Crippen molar-refractivity contribution in [1.29, 1.82) is 0 Å². The molecule has 0 fully saturated rings. The number of allylic oxidation sites excluding steroid dienone is 5. The minimum Gasteiger partial charge on any atom is -0.456 e. The molecule has 0 aromatic rings. The highest BCUT2D eigenvalue weighted by Crippen LogP contribution is 2.43. The maximum atomic E-state index is 13.5. The summed E-state index contributed by atoms with van der Waals surface area (Å²) in [7, 11) is 1.51. The smallest absolute Gasteiger partial charge is 0.456 e. The maximum absolute atomic E-state index is 13.5. The molecule has 448 valence electrons. The second-order valence-electron chi connectivity index (χ2n) is 23.6. The number of phosphoric acid groups is 1. The van der Waals surface area contributed by atoms with Crippen molar-refractivity contribution in [3.63, 3.8) is 0 Å². The third-order valence-electron chi connectivity index (χ3n) is 14.8. The lowest BCUT2D eigenvalue weighted by molar-refractivity contribution is -0.870. The van der Waals surface area contributed by atoms with E-state index in [-0.39, 0.29) is 25.1 Å². The van der Waals surface area contributed by atoms with Gasteiger partial charge in [-0.15, -0.1) is 0 Å². The van der Waals surface area contributed by atoms with Gasteiger partial charge >= 0.3 is 13.8 Å². The Morgan fingerprint density at radius 1 is 0.461 bits per heavy atom. The fourth-order valence-electron chi connectivity index (χ4n) is 9.74. The highest BCUT2D eigenvalue weighted by molar-refractivity contribution is 7.47. The second-order valence-corrected chi connectivity index (χ2v) is 25.1. The number of quaternary nitrogens is 1. The van der Waals surface area contributed by atoms with Crippen molar-refractivity contribution in [3.8, 4) is 0 Å². The van der Waals surface area contributed by atoms with E-state index < -0.39 is 20.0 Å². The van der Waals surface area contributed by atoms with Gasteiger partial charge in [0, 0.05) is 12.8 Å². The van der Waals surface area contributed by atoms with E-state index in [1.807, 2.05) is 33.3 Å². The van der Waals surface area contributed by atoms with E-state index in [0.717, 1.165) is 64.2 Å². The van der Waals surface area contributed by atoms with E-state index in [2.05, 4.69) is 50.4 Å². The van der Waals surface area contributed by atoms with Gasteiger partial charge in [0.05, 0.1) is 33.8 Å². The number of nitrogens with zero attached hydrogens (tertiary/aromatic N) is 1. The molecule has 0 heterocycles. The van der Waals surface area contributed by atoms with E-state index in [1.165, 1.54) is 225 Å². The lowest BCUT2D eigenvalue weighted by Gasteiger charge is -2.27. The molecule has 0 aromatic carbocycles. The molecule has 10 heteroatoms. The largest absolute Gasteiger partial charge is 0.472 e. The number of amides is 1. The zero-order chi connectivity index (χ0) is 55.7. The molecule has 3 atom stereocenters. The summed E-state index contributed by atoms with van der Waals surface area (Å²) in [5, 5.41) is 3.06. The summed E-state index contributed by atoms with van der Waals surface area (Å²) in [5.41, 5.74) is 0. The highest BCUT2D eigenvalue weighted by atomic mass is 31.2. The van der Waals surface area contributed by atoms with Crippen molar-refractivity contribution in [3.05, 3.63) is 36.5 Å². The Kier molecular flexibility index (Phi) is 55.2. The topological polar surface area (TPSA) is 111 Å². The number of likely N-dealkylation sites (N-methyl/N-ethyl adjacent to an activating group) is 1. The quantitative estimate of drug-likeness (QED) is 0.0205. The Morgan fingerprint density at radius 3 is 1.21 bits per heavy atom. The first-order chi connectivity index (χ1) is 36.9. The second kappa shape index (κ2) is 56.5. The number of hydrogen-bond donors (Lipinski definition) is 2. The van der Waals surface area contributed by atoms with Crippen LogP contribution in [-0.2, 0) is 27.9 Å². The first-order valence-electron chi connectivity index (χ1n) is 32.8. The van der Waals surface area contributed by atoms with E-state index in [1.54, 1.807) is 0 Å². The highest BCUT2D eigenvalue weighted by Gasteiger charge is 2.30. The van der Waals surface area contributed by atoms with Gasteiger partial charge in [0.1, 0.15) is 19.3 Å². The van der Waals surface area contributed by atoms with Gasteiger partial charge < -0.3 is 19.4 Å². The van der Waals surface area contributed by atoms with Gasteiger partial charge in [0.25, 0.3) is 0 Å². The van der Waals surface area contributed by atoms with E-state index in [0.29, 0.717) is 23.9 Å². The number of esters is 1. The lowest BCUT2D eigenvalue weighted by atomic mass is 10.0. The number of carbonyl (C=O) groups is 2. The molecule has 0 radical (unpaired) electrons. The van der Waals surface area contributed by atoms with Crippen molar-refractivity contribution in [2.24, 2.45) is 0 Å². The molecule has 0 aromatic heterocycles. The average molecular weight is 1090 g/mol. The van der Waals surface area contributed by atoms with Crippen molar-refractivity contribution in [2.45, 2.75) is 335 Å². The van der Waals surface area contributed by atoms with E-state index in [9.17, 15) is 19.0 Å². The van der Waals surface area contributed by atoms with Crippen LogP contribution in [0.15, 0.2) is 36.5 Å². The first kappa shape index (κ1) is 74.2. The molecule has 0 saturated carbocycles. The van der Waals surface area contributed by atoms with Crippen LogP contribution in [0.25, 0.3) is 0 Å². The standard InChI is InChI=1S/C66H127N2O7P/c1-7-10-13-16-19-22-25-27-28-29-30-31-32-33-34-35-36-37-38-39-40-41-44-47-50-53-56-59-66(70)75-64(57-54-51-48-45-43-26-23-20-17-14-11-8-2)63(62-74-76(71,72)73-61-60-68(4,5)6)67-65(69)58-55-52-49-46-42-24-21-18-15-12-9-3/h19,22,27-28,54,57,63-64H,7-18,20-21,23-26,29-53,55-56,58-62H2,1-6H3,(H-,67,69,71,72)/p+1/b22-19-,28-27-,57-54-. The fourth-order valence-corrected chi connectivity index (χ4v) is 10.5. The number of hydrogen-bond acceptors (Lipinski definition) is 6. The molecule has 0 aliphatic carbocycles. The van der Waals surface area contributed by atoms with Crippen LogP contribution in [0.4, 0.5) is 0 Å². The number of unbranched alkanes of at least 4 members (excludes halogenated alkanes) is 40. The summed E-state index contributed by atoms with van der Waals surface area (Å²) >= 11 is 0. The van der Waals surface area contributed by atoms with Crippen molar-refractivity contribution in [1.82, 2.24) is 5.32 Å². The monoisotopic (exact) mass is 1090 g/mol. The van der Waals surface area contributed by atoms with Gasteiger partial charge in [-0.05, 0) is 63.9 Å². The van der Waals surface area contributed by atoms with Gasteiger partial charge in [0.2, 0.25) is 5.91 Å². The number of carbonyl (C=O) groups excluding carboxylic acids is 2. The fraction of sp³-hybridized carbons (Fsp3) is 0.879. The Labute approximate surface area is 472 Å². The van der Waals surface area contributed by atoms with Crippen LogP contribution in [0.3, 0.4) is 0 Å². The molecule has 0 saturated heterocycles. The number of ether oxygens (including phenoxy) is 1. The number of nitrogens with one attached hydrogen (secondary N) is 1. The lowest BCUT2D eigenvalue weighted by Crippen LogP contribution is -2.47. The van der Waals surface area contributed by atoms with Crippen LogP contribution in [0, 0.1) is 0 Å². The third-order valence-corrected chi connectivity index (χ3v) is 15.8. The minimum atomic E-state index is -4.44. The molecule has 0 spiro atoms. The van der Waals surface area contributed by atoms with Gasteiger partial charge in [-0.3, -0.25) is 18.6 Å². The van der Waals surface area contributed by atoms with Gasteiger partial charge in [0.15, 0.2) is 0 Å². The average Bonchev–Trinajstić information content (AvgIpc) is 3.38. The maximum Gasteiger partial charge on any atom is 0.472 e. The van der Waals surface area contributed by atoms with Gasteiger partial charge in [-0.2, -0.15) is 0 Å². The van der Waals surface area contributed by atoms with Crippen LogP contribution >= 0.6 is 7.82 Å². The summed E-state index contributed by atoms with van der Waals surface area (Å²) in [6.45, 7) is 7.02. The van der Waals surface area contributed by atoms with E-state index in [4.69, 9.17) is 13.8 Å². The Bertz CT molecular complexity index is 1400. The molecule has 76 heavy (non-hydrogen) atoms. The number of rotatable bonds is 60. The summed E-state index contributed by atoms with van der Waals surface area (Å²) in [5.74, 6) is -0.491. The Morgan fingerprint density at radius 2 is 0.803 bits per heavy atom. The van der Waals surface area contributed by atoms with Crippen molar-refractivity contribution in [2.75, 3.05) is 40.9 Å². The molecular formula is C66H128N2O7P+. The Hall–Kier alpha value is -1.77. The molecule has 0 bridgehead atoms. The van der Waals surface area contributed by atoms with Gasteiger partial charge in [-0.25, -0.2) is 4.57 Å².